The molecule has 0 heterocycles. The maximum Gasteiger partial charge on any atom is -0.0149 e. The van der Waals surface area contributed by atoms with Crippen LogP contribution in [0, 0.1) is 0 Å². The van der Waals surface area contributed by atoms with E-state index in [1.165, 1.54) is 16.7 Å². The van der Waals surface area contributed by atoms with Crippen LogP contribution in [-0.4, -0.2) is 11.0 Å². The van der Waals surface area contributed by atoms with Gasteiger partial charge in [-0.1, -0.05) is 0 Å². The van der Waals surface area contributed by atoms with Crippen LogP contribution in [0.2, 0.25) is 9.26 Å². The maximum atomic E-state index is 2.51. The van der Waals surface area contributed by atoms with Crippen molar-refractivity contribution in [3.63, 3.8) is 0 Å². The first-order valence-corrected chi connectivity index (χ1v) is 13.2. The fourth-order valence-electron chi connectivity index (χ4n) is 3.19. The number of hydrogen-bond donors (Lipinski definition) is 0. The van der Waals surface area contributed by atoms with Crippen molar-refractivity contribution in [1.29, 1.82) is 0 Å². The van der Waals surface area contributed by atoms with Crippen molar-refractivity contribution in [1.82, 2.24) is 0 Å². The van der Waals surface area contributed by atoms with Gasteiger partial charge >= 0.3 is 124 Å². The molecule has 0 nitrogen and oxygen atoms in total. The Morgan fingerprint density at radius 3 is 2.09 bits per heavy atom. The first kappa shape index (κ1) is 21.9. The summed E-state index contributed by atoms with van der Waals surface area (Å²) in [5.74, 6) is 0. The van der Waals surface area contributed by atoms with Crippen molar-refractivity contribution in [2.75, 3.05) is 0 Å². The Labute approximate surface area is 158 Å². The molecular weight excluding hydrogens is 406 g/mol. The molecule has 1 aliphatic carbocycles. The average Bonchev–Trinajstić information content (AvgIpc) is 2.75. The second-order valence-electron chi connectivity index (χ2n) is 5.57. The summed E-state index contributed by atoms with van der Waals surface area (Å²) in [7, 11) is 0. The van der Waals surface area contributed by atoms with Crippen LogP contribution in [0.5, 0.6) is 0 Å². The molecule has 0 amide bonds. The Kier molecular flexibility index (Phi) is 9.17. The maximum absolute atomic E-state index is 2.51. The van der Waals surface area contributed by atoms with Gasteiger partial charge in [0, 0.05) is 0 Å². The molecule has 0 spiro atoms. The normalized spacial score (nSPS) is 14.7. The van der Waals surface area contributed by atoms with Gasteiger partial charge in [-0.25, -0.2) is 0 Å². The molecule has 1 atom stereocenters. The first-order valence-electron chi connectivity index (χ1n) is 6.85. The second-order valence-corrected chi connectivity index (χ2v) is 12.3. The summed E-state index contributed by atoms with van der Waals surface area (Å²) in [4.78, 5) is 0. The van der Waals surface area contributed by atoms with E-state index in [1.807, 2.05) is 0 Å². The van der Waals surface area contributed by atoms with Gasteiger partial charge < -0.3 is 24.8 Å². The Balaban J connectivity index is 0.00000147. The van der Waals surface area contributed by atoms with Crippen molar-refractivity contribution in [2.24, 2.45) is 0 Å². The number of halogens is 2. The minimum atomic E-state index is -1.27. The molecule has 0 N–H and O–H groups in total. The van der Waals surface area contributed by atoms with E-state index in [2.05, 4.69) is 70.8 Å². The number of rotatable bonds is 2. The van der Waals surface area contributed by atoms with E-state index in [0.717, 1.165) is 3.63 Å². The molecule has 0 aliphatic heterocycles. The van der Waals surface area contributed by atoms with Crippen LogP contribution in [0.4, 0.5) is 0 Å². The molecule has 2 aromatic carbocycles. The van der Waals surface area contributed by atoms with Crippen molar-refractivity contribution in [2.45, 2.75) is 19.8 Å². The van der Waals surface area contributed by atoms with Crippen LogP contribution in [0.15, 0.2) is 54.1 Å². The third-order valence-corrected chi connectivity index (χ3v) is 8.66. The Morgan fingerprint density at radius 2 is 1.50 bits per heavy atom. The van der Waals surface area contributed by atoms with Crippen molar-refractivity contribution >= 4 is 17.0 Å². The zero-order valence-electron chi connectivity index (χ0n) is 12.5. The Hall–Kier alpha value is -0.140. The molecule has 1 unspecified atom stereocenters. The molecule has 0 radical (unpaired) electrons. The Morgan fingerprint density at radius 1 is 0.864 bits per heavy atom. The van der Waals surface area contributed by atoms with Gasteiger partial charge in [-0.15, -0.1) is 0 Å². The van der Waals surface area contributed by atoms with Crippen molar-refractivity contribution in [3.05, 3.63) is 65.2 Å². The smallest absolute Gasteiger partial charge is 0.0149 e. The average molecular weight is 430 g/mol. The molecule has 3 rings (SSSR count). The number of allylic oxidation sites excluding steroid dienone is 1. The van der Waals surface area contributed by atoms with E-state index in [-0.39, 0.29) is 35.8 Å². The number of benzene rings is 2. The summed E-state index contributed by atoms with van der Waals surface area (Å²) in [6.07, 6.45) is 2.43. The molecule has 1 aliphatic rings. The van der Waals surface area contributed by atoms with Gasteiger partial charge in [0.1, 0.15) is 0 Å². The van der Waals surface area contributed by atoms with Crippen LogP contribution in [0.3, 0.4) is 0 Å². The van der Waals surface area contributed by atoms with E-state index >= 15 is 0 Å². The fraction of sp³-hybridized carbons (Fsp3) is 0.222. The van der Waals surface area contributed by atoms with Crippen LogP contribution in [0.25, 0.3) is 17.2 Å². The first-order chi connectivity index (χ1) is 9.18. The van der Waals surface area contributed by atoms with Gasteiger partial charge in [-0.05, 0) is 11.0 Å². The van der Waals surface area contributed by atoms with Crippen molar-refractivity contribution < 1.29 is 46.6 Å². The third kappa shape index (κ3) is 4.03. The minimum Gasteiger partial charge on any atom is -1.00 e. The van der Waals surface area contributed by atoms with Crippen LogP contribution in [0.1, 0.15) is 21.7 Å². The van der Waals surface area contributed by atoms with Gasteiger partial charge in [0.15, 0.2) is 0 Å². The van der Waals surface area contributed by atoms with E-state index < -0.39 is 21.8 Å². The third-order valence-electron chi connectivity index (χ3n) is 3.94. The molecule has 0 aromatic heterocycles. The quantitative estimate of drug-likeness (QED) is 0.489. The van der Waals surface area contributed by atoms with Gasteiger partial charge in [-0.2, -0.15) is 0 Å². The van der Waals surface area contributed by atoms with E-state index in [1.54, 1.807) is 11.1 Å². The molecule has 2 aromatic rings. The number of fused-ring (bicyclic) bond motifs is 1. The van der Waals surface area contributed by atoms with Crippen LogP contribution in [-0.2, 0) is 21.8 Å². The second kappa shape index (κ2) is 9.23. The summed E-state index contributed by atoms with van der Waals surface area (Å²) >= 11 is -1.27. The molecule has 4 heteroatoms. The molecular formula is C18H23Cl2SiZr. The van der Waals surface area contributed by atoms with Gasteiger partial charge in [0.2, 0.25) is 0 Å². The van der Waals surface area contributed by atoms with Gasteiger partial charge in [0.05, 0.1) is 0 Å². The predicted octanol–water partition coefficient (Wildman–Crippen LogP) is -1.92. The molecule has 0 bridgehead atoms. The summed E-state index contributed by atoms with van der Waals surface area (Å²) in [5, 5.41) is 0. The summed E-state index contributed by atoms with van der Waals surface area (Å²) in [6, 6.07) is 17.6. The molecule has 117 valence electrons. The van der Waals surface area contributed by atoms with E-state index in [0.29, 0.717) is 0 Å². The molecule has 0 saturated heterocycles. The van der Waals surface area contributed by atoms with Crippen LogP contribution >= 0.6 is 0 Å². The Bertz CT molecular complexity index is 639. The topological polar surface area (TPSA) is 0 Å². The summed E-state index contributed by atoms with van der Waals surface area (Å²) < 4.78 is 5.80. The van der Waals surface area contributed by atoms with Gasteiger partial charge in [0.25, 0.3) is 0 Å². The number of hydrogen-bond acceptors (Lipinski definition) is 0. The standard InChI is InChI=1S/C16H13.2CH3.2ClH.H4Si.Zr/c1-12-10-14-8-5-9-15(16(14)11-12)13-6-3-2-4-7-13;;;;;;/h2-11H,1H3;2*1H3;2*1H;1H4;/q;;;;;;+2/p-2. The predicted molar refractivity (Wildman–Crippen MR) is 91.3 cm³/mol. The van der Waals surface area contributed by atoms with Crippen molar-refractivity contribution in [3.8, 4) is 11.1 Å². The van der Waals surface area contributed by atoms with E-state index in [4.69, 9.17) is 0 Å². The SMILES string of the molecule is CC1=Cc2c(-c3ccccc3)cccc2[CH]1[Zr+2]([CH3])[CH3].[Cl-].[Cl-].[SiH4]. The molecule has 0 saturated carbocycles. The fourth-order valence-corrected chi connectivity index (χ4v) is 7.78. The van der Waals surface area contributed by atoms with Crippen LogP contribution < -0.4 is 24.8 Å². The summed E-state index contributed by atoms with van der Waals surface area (Å²) in [6.45, 7) is 2.31. The van der Waals surface area contributed by atoms with E-state index in [9.17, 15) is 0 Å². The largest absolute Gasteiger partial charge is 1.00 e. The molecule has 22 heavy (non-hydrogen) atoms. The van der Waals surface area contributed by atoms with Gasteiger partial charge in [-0.3, -0.25) is 0 Å². The molecule has 0 fully saturated rings. The summed E-state index contributed by atoms with van der Waals surface area (Å²) in [5.41, 5.74) is 7.36. The monoisotopic (exact) mass is 427 g/mol. The zero-order valence-corrected chi connectivity index (χ0v) is 16.5. The minimum absolute atomic E-state index is 0. The zero-order chi connectivity index (χ0) is 13.4.